The van der Waals surface area contributed by atoms with Crippen LogP contribution in [0.25, 0.3) is 0 Å². The number of nitrogens with two attached hydrogens (primary N) is 4. The molecule has 30 nitrogen and oxygen atoms in total. The van der Waals surface area contributed by atoms with E-state index in [9.17, 15) is 58.6 Å². The van der Waals surface area contributed by atoms with E-state index in [0.717, 1.165) is 51.4 Å². The molecule has 4 aliphatic heterocycles. The van der Waals surface area contributed by atoms with Crippen LogP contribution in [0.15, 0.2) is 10.2 Å². The van der Waals surface area contributed by atoms with Gasteiger partial charge in [-0.05, 0) is 116 Å². The lowest BCUT2D eigenvalue weighted by atomic mass is 9.99. The Morgan fingerprint density at radius 1 is 0.540 bits per heavy atom. The second-order valence-electron chi connectivity index (χ2n) is 24.0. The van der Waals surface area contributed by atoms with Crippen molar-refractivity contribution in [3.63, 3.8) is 0 Å². The number of carbonyl (C=O) groups is 8. The number of likely N-dealkylation sites (tertiary alicyclic amines) is 4. The molecular weight excluding hydrogens is 1130 g/mol. The molecule has 0 aromatic carbocycles. The van der Waals surface area contributed by atoms with Gasteiger partial charge in [0.2, 0.25) is 41.4 Å². The number of hydrogen-bond acceptors (Lipinski definition) is 14. The number of unbranched alkanes of at least 4 members (excludes halogenated alkanes) is 4. The molecule has 0 bridgehead atoms. The van der Waals surface area contributed by atoms with Crippen molar-refractivity contribution >= 4 is 59.2 Å². The lowest BCUT2D eigenvalue weighted by Gasteiger charge is -2.33. The summed E-state index contributed by atoms with van der Waals surface area (Å²) in [4.78, 5) is 130. The number of carboxylic acid groups (broad SMARTS) is 1. The maximum Gasteiger partial charge on any atom is 0.306 e. The van der Waals surface area contributed by atoms with Crippen molar-refractivity contribution in [1.29, 1.82) is 0 Å². The molecule has 0 aliphatic carbocycles. The molecule has 4 saturated heterocycles. The molecule has 10 unspecified atom stereocenters. The lowest BCUT2D eigenvalue weighted by molar-refractivity contribution is -0.485. The van der Waals surface area contributed by atoms with Crippen LogP contribution >= 0.6 is 0 Å². The molecule has 0 radical (unpaired) electrons. The van der Waals surface area contributed by atoms with Gasteiger partial charge < -0.3 is 74.2 Å². The Balaban J connectivity index is 0.000000532. The molecule has 0 aromatic heterocycles. The molecule has 0 saturated carbocycles. The van der Waals surface area contributed by atoms with Crippen molar-refractivity contribution < 1.29 is 53.5 Å². The molecule has 14 N–H and O–H groups in total. The first-order valence-corrected chi connectivity index (χ1v) is 31.4. The molecule has 7 amide bonds. The zero-order chi connectivity index (χ0) is 65.5. The SMILES string of the molecule is CC(C)C(C)C(=O)O.CCCCCC(N)C(=O)N1CCCC1C(=O)N1CCCC1C(=O)NC(C)CCCN/C(N)=N\[N+](=O)[O-].CCCCCC(NC(=O)C(N)C(C)C)C(=O)N1CCCC1C(=O)N1CCCC1C(=O)NC(C)CCCN/C(N)=N\[N+](=O)[O-]. The second-order valence-corrected chi connectivity index (χ2v) is 24.0. The highest BCUT2D eigenvalue weighted by Gasteiger charge is 2.45. The van der Waals surface area contributed by atoms with E-state index < -0.39 is 58.3 Å². The molecule has 0 aromatic rings. The quantitative estimate of drug-likeness (QED) is 0.0156. The van der Waals surface area contributed by atoms with E-state index in [2.05, 4.69) is 50.6 Å². The molecule has 30 heteroatoms. The average Bonchev–Trinajstić information content (AvgIpc) is 2.96. The van der Waals surface area contributed by atoms with Gasteiger partial charge in [-0.25, -0.2) is 20.2 Å². The molecule has 4 fully saturated rings. The van der Waals surface area contributed by atoms with Crippen molar-refractivity contribution in [2.24, 2.45) is 50.9 Å². The summed E-state index contributed by atoms with van der Waals surface area (Å²) >= 11 is 0. The lowest BCUT2D eigenvalue weighted by Crippen LogP contribution is -2.58. The van der Waals surface area contributed by atoms with Gasteiger partial charge in [-0.3, -0.25) is 38.4 Å². The standard InChI is InChI=1S/C28H51N9O6.C23H42N8O5.C6H12O2/c1-5-6-7-12-20(33-25(39)23(29)18(2)3)26(40)36-17-10-14-22(36)27(41)35-16-9-13-21(35)24(38)32-19(4)11-8-15-31-28(30)34-37(42)43;1-3-4-5-10-17(24)21(33)30-15-8-12-19(30)22(34)29-14-7-11-18(29)20(32)27-16(2)9-6-13-26-23(25)28-31(35)36;1-4(2)5(3)6(7)8/h18-23H,5-17,29H2,1-4H3,(H,32,38)(H,33,39)(H3,30,31,34);16-19H,3-15,24H2,1-2H3,(H,27,32)(H3,25,26,28);4-5H,1-3H3,(H,7,8). The largest absolute Gasteiger partial charge is 0.481 e. The number of nitrogens with zero attached hydrogens (tertiary/aromatic N) is 8. The minimum Gasteiger partial charge on any atom is -0.481 e. The minimum atomic E-state index is -0.881. The highest BCUT2D eigenvalue weighted by atomic mass is 16.7. The smallest absolute Gasteiger partial charge is 0.306 e. The number of amides is 7. The molecule has 4 aliphatic rings. The van der Waals surface area contributed by atoms with E-state index in [-0.39, 0.29) is 83.1 Å². The van der Waals surface area contributed by atoms with Crippen molar-refractivity contribution in [2.45, 2.75) is 245 Å². The van der Waals surface area contributed by atoms with E-state index in [1.807, 2.05) is 41.5 Å². The third kappa shape index (κ3) is 26.5. The number of carbonyl (C=O) groups excluding carboxylic acids is 7. The van der Waals surface area contributed by atoms with E-state index in [4.69, 9.17) is 28.0 Å². The number of aliphatic carboxylic acids is 1. The van der Waals surface area contributed by atoms with Gasteiger partial charge in [0.25, 0.3) is 11.9 Å². The van der Waals surface area contributed by atoms with Gasteiger partial charge in [0.05, 0.1) is 18.0 Å². The topological polar surface area (TPSA) is 445 Å². The molecule has 87 heavy (non-hydrogen) atoms. The summed E-state index contributed by atoms with van der Waals surface area (Å²) in [5.41, 5.74) is 23.0. The normalized spacial score (nSPS) is 20.7. The van der Waals surface area contributed by atoms with Crippen molar-refractivity contribution in [1.82, 2.24) is 46.2 Å². The number of hydrogen-bond donors (Lipinski definition) is 10. The highest BCUT2D eigenvalue weighted by Crippen LogP contribution is 2.28. The first-order valence-electron chi connectivity index (χ1n) is 31.4. The van der Waals surface area contributed by atoms with Gasteiger partial charge in [0, 0.05) is 51.4 Å². The van der Waals surface area contributed by atoms with Crippen LogP contribution in [0.5, 0.6) is 0 Å². The van der Waals surface area contributed by atoms with Crippen LogP contribution in [0.4, 0.5) is 0 Å². The summed E-state index contributed by atoms with van der Waals surface area (Å²) in [5, 5.41) is 47.2. The fraction of sp³-hybridized carbons (Fsp3) is 0.825. The molecule has 496 valence electrons. The first kappa shape index (κ1) is 76.1. The van der Waals surface area contributed by atoms with Crippen LogP contribution in [0, 0.1) is 38.0 Å². The summed E-state index contributed by atoms with van der Waals surface area (Å²) in [6.45, 7) is 19.7. The Kier molecular flexibility index (Phi) is 34.8. The fourth-order valence-electron chi connectivity index (χ4n) is 10.7. The maximum atomic E-state index is 13.8. The molecule has 0 spiro atoms. The Bertz CT molecular complexity index is 2310. The van der Waals surface area contributed by atoms with E-state index in [0.29, 0.717) is 116 Å². The Morgan fingerprint density at radius 3 is 1.30 bits per heavy atom. The van der Waals surface area contributed by atoms with E-state index in [1.165, 1.54) is 0 Å². The number of guanidine groups is 2. The van der Waals surface area contributed by atoms with Crippen molar-refractivity contribution in [2.75, 3.05) is 39.3 Å². The minimum absolute atomic E-state index is 0.0841. The van der Waals surface area contributed by atoms with Gasteiger partial charge in [-0.2, -0.15) is 0 Å². The molecule has 10 atom stereocenters. The monoisotopic (exact) mass is 1240 g/mol. The third-order valence-electron chi connectivity index (χ3n) is 16.3. The van der Waals surface area contributed by atoms with Gasteiger partial charge in [-0.15, -0.1) is 0 Å². The van der Waals surface area contributed by atoms with Crippen molar-refractivity contribution in [3.8, 4) is 0 Å². The maximum absolute atomic E-state index is 13.8. The van der Waals surface area contributed by atoms with Crippen LogP contribution < -0.4 is 49.5 Å². The summed E-state index contributed by atoms with van der Waals surface area (Å²) in [6, 6.07) is -4.87. The second kappa shape index (κ2) is 39.7. The molecule has 4 rings (SSSR count). The summed E-state index contributed by atoms with van der Waals surface area (Å²) in [6.07, 6.45) is 14.1. The van der Waals surface area contributed by atoms with Crippen LogP contribution in [0.1, 0.15) is 191 Å². The van der Waals surface area contributed by atoms with Crippen molar-refractivity contribution in [3.05, 3.63) is 20.2 Å². The Labute approximate surface area is 512 Å². The van der Waals surface area contributed by atoms with Crippen LogP contribution in [-0.4, -0.2) is 188 Å². The van der Waals surface area contributed by atoms with Crippen LogP contribution in [0.3, 0.4) is 0 Å². The first-order chi connectivity index (χ1) is 41.1. The fourth-order valence-corrected chi connectivity index (χ4v) is 10.7. The summed E-state index contributed by atoms with van der Waals surface area (Å²) in [7, 11) is 0. The van der Waals surface area contributed by atoms with E-state index >= 15 is 0 Å². The Morgan fingerprint density at radius 2 is 0.931 bits per heavy atom. The number of nitrogens with one attached hydrogen (secondary N) is 5. The van der Waals surface area contributed by atoms with Gasteiger partial charge in [-0.1, -0.05) is 87.0 Å². The van der Waals surface area contributed by atoms with Gasteiger partial charge in [0.1, 0.15) is 40.4 Å². The van der Waals surface area contributed by atoms with Crippen LogP contribution in [-0.2, 0) is 38.4 Å². The number of hydrazone groups is 2. The number of rotatable bonds is 31. The molecular formula is C57H105N17O13. The van der Waals surface area contributed by atoms with Gasteiger partial charge in [0.15, 0.2) is 10.1 Å². The average molecular weight is 1240 g/mol. The van der Waals surface area contributed by atoms with E-state index in [1.54, 1.807) is 26.5 Å². The molecule has 4 heterocycles. The predicted molar refractivity (Wildman–Crippen MR) is 328 cm³/mol. The summed E-state index contributed by atoms with van der Waals surface area (Å²) < 4.78 is 0. The third-order valence-corrected chi connectivity index (χ3v) is 16.3. The summed E-state index contributed by atoms with van der Waals surface area (Å²) in [5.74, 6) is -2.99. The Hall–Kier alpha value is -6.98. The highest BCUT2D eigenvalue weighted by molar-refractivity contribution is 5.96. The number of nitro groups is 2. The number of carboxylic acids is 1. The van der Waals surface area contributed by atoms with Gasteiger partial charge >= 0.3 is 5.97 Å². The predicted octanol–water partition coefficient (Wildman–Crippen LogP) is 2.02. The van der Waals surface area contributed by atoms with Crippen LogP contribution in [0.2, 0.25) is 0 Å². The zero-order valence-electron chi connectivity index (χ0n) is 53.0. The zero-order valence-corrected chi connectivity index (χ0v) is 53.0.